The van der Waals surface area contributed by atoms with Crippen molar-refractivity contribution in [3.05, 3.63) is 89.7 Å². The number of amides is 2. The average molecular weight is 436 g/mol. The molecule has 5 nitrogen and oxygen atoms in total. The fraction of sp³-hybridized carbons (Fsp3) is 0.167. The van der Waals surface area contributed by atoms with Crippen LogP contribution in [0.15, 0.2) is 72.8 Å². The number of rotatable bonds is 5. The Bertz CT molecular complexity index is 1100. The second kappa shape index (κ2) is 8.81. The minimum Gasteiger partial charge on any atom is -0.378 e. The van der Waals surface area contributed by atoms with E-state index in [0.717, 1.165) is 16.9 Å². The van der Waals surface area contributed by atoms with Gasteiger partial charge in [0.05, 0.1) is 5.75 Å². The van der Waals surface area contributed by atoms with Gasteiger partial charge >= 0.3 is 0 Å². The Balaban J connectivity index is 1.56. The molecule has 0 aromatic heterocycles. The summed E-state index contributed by atoms with van der Waals surface area (Å²) in [6, 6.07) is 20.7. The van der Waals surface area contributed by atoms with Gasteiger partial charge in [-0.05, 0) is 66.2 Å². The summed E-state index contributed by atoms with van der Waals surface area (Å²) in [5.41, 5.74) is 3.82. The molecule has 31 heavy (non-hydrogen) atoms. The third kappa shape index (κ3) is 4.56. The van der Waals surface area contributed by atoms with Gasteiger partial charge < -0.3 is 10.2 Å². The summed E-state index contributed by atoms with van der Waals surface area (Å²) in [6.07, 6.45) is 0. The van der Waals surface area contributed by atoms with Crippen molar-refractivity contribution in [1.29, 1.82) is 0 Å². The van der Waals surface area contributed by atoms with Gasteiger partial charge in [-0.1, -0.05) is 12.1 Å². The van der Waals surface area contributed by atoms with Crippen LogP contribution in [0.3, 0.4) is 0 Å². The van der Waals surface area contributed by atoms with Gasteiger partial charge in [-0.15, -0.1) is 11.8 Å². The number of anilines is 3. The Morgan fingerprint density at radius 2 is 1.77 bits per heavy atom. The molecule has 1 aliphatic heterocycles. The molecule has 1 atom stereocenters. The van der Waals surface area contributed by atoms with E-state index in [1.54, 1.807) is 22.7 Å². The van der Waals surface area contributed by atoms with E-state index in [4.69, 9.17) is 0 Å². The van der Waals surface area contributed by atoms with E-state index in [0.29, 0.717) is 17.0 Å². The molecule has 1 heterocycles. The maximum absolute atomic E-state index is 13.1. The minimum absolute atomic E-state index is 0.0494. The summed E-state index contributed by atoms with van der Waals surface area (Å²) in [5, 5.41) is 2.67. The van der Waals surface area contributed by atoms with Crippen LogP contribution in [0.2, 0.25) is 0 Å². The molecule has 0 spiro atoms. The SMILES string of the molecule is CN(C)c1ccc(N2C(=O)CS[C@@H]2c2cccc(NC(=O)c3ccc(F)cc3)c2)cc1. The van der Waals surface area contributed by atoms with Crippen molar-refractivity contribution in [2.45, 2.75) is 5.37 Å². The number of hydrogen-bond donors (Lipinski definition) is 1. The number of carbonyl (C=O) groups is 2. The van der Waals surface area contributed by atoms with Crippen LogP contribution in [0, 0.1) is 5.82 Å². The molecule has 1 fully saturated rings. The molecule has 3 aromatic rings. The fourth-order valence-corrected chi connectivity index (χ4v) is 4.60. The van der Waals surface area contributed by atoms with E-state index in [1.807, 2.05) is 61.5 Å². The fourth-order valence-electron chi connectivity index (χ4n) is 3.44. The predicted octanol–water partition coefficient (Wildman–Crippen LogP) is 4.92. The first kappa shape index (κ1) is 20.9. The van der Waals surface area contributed by atoms with Gasteiger partial charge in [0.25, 0.3) is 5.91 Å². The van der Waals surface area contributed by atoms with E-state index >= 15 is 0 Å². The monoisotopic (exact) mass is 435 g/mol. The largest absolute Gasteiger partial charge is 0.378 e. The topological polar surface area (TPSA) is 52.6 Å². The minimum atomic E-state index is -0.389. The van der Waals surface area contributed by atoms with Crippen LogP contribution in [0.25, 0.3) is 0 Å². The van der Waals surface area contributed by atoms with Gasteiger partial charge in [-0.25, -0.2) is 4.39 Å². The number of nitrogens with one attached hydrogen (secondary N) is 1. The van der Waals surface area contributed by atoms with Crippen LogP contribution < -0.4 is 15.1 Å². The normalized spacial score (nSPS) is 15.8. The zero-order chi connectivity index (χ0) is 22.0. The lowest BCUT2D eigenvalue weighted by Gasteiger charge is -2.25. The highest BCUT2D eigenvalue weighted by Crippen LogP contribution is 2.42. The van der Waals surface area contributed by atoms with Gasteiger partial charge in [0.2, 0.25) is 5.91 Å². The van der Waals surface area contributed by atoms with Gasteiger partial charge in [0.1, 0.15) is 11.2 Å². The molecular weight excluding hydrogens is 413 g/mol. The Labute approximate surface area is 184 Å². The lowest BCUT2D eigenvalue weighted by atomic mass is 10.1. The highest BCUT2D eigenvalue weighted by atomic mass is 32.2. The van der Waals surface area contributed by atoms with Crippen LogP contribution >= 0.6 is 11.8 Å². The first-order chi connectivity index (χ1) is 14.9. The van der Waals surface area contributed by atoms with Crippen molar-refractivity contribution in [1.82, 2.24) is 0 Å². The smallest absolute Gasteiger partial charge is 0.255 e. The van der Waals surface area contributed by atoms with Crippen LogP contribution in [0.5, 0.6) is 0 Å². The summed E-state index contributed by atoms with van der Waals surface area (Å²) in [6.45, 7) is 0. The second-order valence-corrected chi connectivity index (χ2v) is 8.49. The lowest BCUT2D eigenvalue weighted by molar-refractivity contribution is -0.115. The number of nitrogens with zero attached hydrogens (tertiary/aromatic N) is 2. The van der Waals surface area contributed by atoms with Gasteiger partial charge in [-0.3, -0.25) is 14.5 Å². The molecule has 1 saturated heterocycles. The van der Waals surface area contributed by atoms with Gasteiger partial charge in [-0.2, -0.15) is 0 Å². The number of thioether (sulfide) groups is 1. The zero-order valence-electron chi connectivity index (χ0n) is 17.2. The predicted molar refractivity (Wildman–Crippen MR) is 124 cm³/mol. The van der Waals surface area contributed by atoms with Gasteiger partial charge in [0, 0.05) is 36.7 Å². The molecule has 7 heteroatoms. The highest BCUT2D eigenvalue weighted by molar-refractivity contribution is 8.00. The summed E-state index contributed by atoms with van der Waals surface area (Å²) in [4.78, 5) is 28.9. The Kier molecular flexibility index (Phi) is 5.95. The van der Waals surface area contributed by atoms with E-state index in [9.17, 15) is 14.0 Å². The molecule has 0 saturated carbocycles. The third-order valence-corrected chi connectivity index (χ3v) is 6.26. The van der Waals surface area contributed by atoms with Crippen molar-refractivity contribution < 1.29 is 14.0 Å². The standard InChI is InChI=1S/C24H22FN3O2S/c1-27(2)20-10-12-21(13-11-20)28-22(29)15-31-24(28)17-4-3-5-19(14-17)26-23(30)16-6-8-18(25)9-7-16/h3-14,24H,15H2,1-2H3,(H,26,30)/t24-/m1/s1. The third-order valence-electron chi connectivity index (χ3n) is 5.05. The molecule has 4 rings (SSSR count). The van der Waals surface area contributed by atoms with Crippen LogP contribution in [-0.4, -0.2) is 31.7 Å². The van der Waals surface area contributed by atoms with E-state index < -0.39 is 0 Å². The first-order valence-corrected chi connectivity index (χ1v) is 10.9. The molecular formula is C24H22FN3O2S. The molecule has 3 aromatic carbocycles. The van der Waals surface area contributed by atoms with Crippen LogP contribution in [-0.2, 0) is 4.79 Å². The lowest BCUT2D eigenvalue weighted by Crippen LogP contribution is -2.27. The molecule has 0 bridgehead atoms. The second-order valence-electron chi connectivity index (χ2n) is 7.42. The molecule has 158 valence electrons. The van der Waals surface area contributed by atoms with Crippen molar-refractivity contribution in [3.8, 4) is 0 Å². The summed E-state index contributed by atoms with van der Waals surface area (Å²) < 4.78 is 13.1. The van der Waals surface area contributed by atoms with Crippen molar-refractivity contribution >= 4 is 40.6 Å². The first-order valence-electron chi connectivity index (χ1n) is 9.80. The highest BCUT2D eigenvalue weighted by Gasteiger charge is 2.34. The Morgan fingerprint density at radius 1 is 1.06 bits per heavy atom. The number of carbonyl (C=O) groups excluding carboxylic acids is 2. The van der Waals surface area contributed by atoms with E-state index in [-0.39, 0.29) is 23.0 Å². The zero-order valence-corrected chi connectivity index (χ0v) is 18.0. The summed E-state index contributed by atoms with van der Waals surface area (Å²) in [7, 11) is 3.95. The van der Waals surface area contributed by atoms with Crippen molar-refractivity contribution in [2.24, 2.45) is 0 Å². The molecule has 0 aliphatic carbocycles. The van der Waals surface area contributed by atoms with E-state index in [2.05, 4.69) is 5.32 Å². The molecule has 0 unspecified atom stereocenters. The average Bonchev–Trinajstić information content (AvgIpc) is 3.16. The van der Waals surface area contributed by atoms with Crippen LogP contribution in [0.1, 0.15) is 21.3 Å². The van der Waals surface area contributed by atoms with Crippen molar-refractivity contribution in [2.75, 3.05) is 35.0 Å². The maximum Gasteiger partial charge on any atom is 0.255 e. The van der Waals surface area contributed by atoms with Gasteiger partial charge in [0.15, 0.2) is 0 Å². The van der Waals surface area contributed by atoms with E-state index in [1.165, 1.54) is 24.3 Å². The Hall–Kier alpha value is -3.32. The van der Waals surface area contributed by atoms with Crippen molar-refractivity contribution in [3.63, 3.8) is 0 Å². The molecule has 1 aliphatic rings. The molecule has 1 N–H and O–H groups in total. The quantitative estimate of drug-likeness (QED) is 0.618. The Morgan fingerprint density at radius 3 is 2.45 bits per heavy atom. The summed E-state index contributed by atoms with van der Waals surface area (Å²) >= 11 is 1.55. The number of benzene rings is 3. The summed E-state index contributed by atoms with van der Waals surface area (Å²) in [5.74, 6) is -0.260. The maximum atomic E-state index is 13.1. The number of hydrogen-bond acceptors (Lipinski definition) is 4. The van der Waals surface area contributed by atoms with Crippen LogP contribution in [0.4, 0.5) is 21.5 Å². The molecule has 0 radical (unpaired) electrons. The number of halogens is 1. The molecule has 2 amide bonds.